The number of aromatic nitrogens is 1. The maximum atomic E-state index is 12.7. The normalized spacial score (nSPS) is 16.1. The number of benzene rings is 2. The first-order chi connectivity index (χ1) is 17.5. The fraction of sp³-hybridized carbons (Fsp3) is 0.148. The lowest BCUT2D eigenvalue weighted by Gasteiger charge is -2.20. The van der Waals surface area contributed by atoms with E-state index in [9.17, 15) is 4.79 Å². The third-order valence-corrected chi connectivity index (χ3v) is 6.45. The van der Waals surface area contributed by atoms with Crippen LogP contribution in [0.2, 0.25) is 0 Å². The summed E-state index contributed by atoms with van der Waals surface area (Å²) in [7, 11) is 0. The van der Waals surface area contributed by atoms with Gasteiger partial charge >= 0.3 is 0 Å². The summed E-state index contributed by atoms with van der Waals surface area (Å²) < 4.78 is 11.6. The number of hydrogen-bond acceptors (Lipinski definition) is 7. The van der Waals surface area contributed by atoms with E-state index >= 15 is 0 Å². The van der Waals surface area contributed by atoms with E-state index in [1.54, 1.807) is 18.5 Å². The minimum Gasteiger partial charge on any atom is -0.490 e. The highest BCUT2D eigenvalue weighted by molar-refractivity contribution is 8.27. The second-order valence-corrected chi connectivity index (χ2v) is 9.16. The number of thioether (sulfide) groups is 1. The topological polar surface area (TPSA) is 100 Å². The minimum atomic E-state index is -0.467. The summed E-state index contributed by atoms with van der Waals surface area (Å²) in [5, 5.41) is 15.4. The van der Waals surface area contributed by atoms with Crippen molar-refractivity contribution in [3.05, 3.63) is 94.8 Å². The van der Waals surface area contributed by atoms with Crippen LogP contribution in [0, 0.1) is 19.3 Å². The summed E-state index contributed by atoms with van der Waals surface area (Å²) in [6.07, 6.45) is 5.00. The van der Waals surface area contributed by atoms with Crippen LogP contribution in [0.25, 0.3) is 6.08 Å². The van der Waals surface area contributed by atoms with Crippen molar-refractivity contribution in [3.63, 3.8) is 0 Å². The lowest BCUT2D eigenvalue weighted by Crippen LogP contribution is -2.35. The van der Waals surface area contributed by atoms with Gasteiger partial charge < -0.3 is 9.47 Å². The van der Waals surface area contributed by atoms with Gasteiger partial charge in [-0.2, -0.15) is 15.1 Å². The van der Waals surface area contributed by atoms with Gasteiger partial charge in [0.05, 0.1) is 5.57 Å². The van der Waals surface area contributed by atoms with Crippen molar-refractivity contribution in [2.24, 2.45) is 10.1 Å². The molecule has 0 spiro atoms. The molecule has 0 atom stereocenters. The van der Waals surface area contributed by atoms with Crippen LogP contribution in [0.5, 0.6) is 11.5 Å². The van der Waals surface area contributed by atoms with E-state index in [0.29, 0.717) is 29.2 Å². The van der Waals surface area contributed by atoms with Gasteiger partial charge in [-0.1, -0.05) is 29.8 Å². The highest BCUT2D eigenvalue weighted by Gasteiger charge is 2.36. The highest BCUT2D eigenvalue weighted by atomic mass is 32.2. The van der Waals surface area contributed by atoms with Crippen LogP contribution in [0.4, 0.5) is 0 Å². The number of amides is 1. The molecular weight excluding hydrogens is 474 g/mol. The van der Waals surface area contributed by atoms with E-state index in [-0.39, 0.29) is 11.4 Å². The third-order valence-electron chi connectivity index (χ3n) is 5.49. The number of pyridine rings is 1. The van der Waals surface area contributed by atoms with Crippen LogP contribution in [-0.4, -0.2) is 45.2 Å². The standard InChI is InChI=1S/C27H23N5O3S/c1-17-5-10-23(18(2)14-17)35-13-12-34-21-8-6-19(7-9-21)15-22-24(28)32-27(30-25(22)33)36-26(31-32)20-4-3-11-29-16-20/h3-11,14-16,28H,12-13H2,1-2H3. The number of aryl methyl sites for hydroxylation is 2. The molecule has 0 radical (unpaired) electrons. The van der Waals surface area contributed by atoms with Crippen LogP contribution in [0.15, 0.2) is 82.7 Å². The van der Waals surface area contributed by atoms with Crippen molar-refractivity contribution >= 4 is 39.8 Å². The van der Waals surface area contributed by atoms with E-state index < -0.39 is 5.91 Å². The Hall–Kier alpha value is -4.24. The number of carbonyl (C=O) groups is 1. The van der Waals surface area contributed by atoms with E-state index in [1.165, 1.54) is 22.3 Å². The van der Waals surface area contributed by atoms with Gasteiger partial charge in [0.2, 0.25) is 5.17 Å². The van der Waals surface area contributed by atoms with Gasteiger partial charge in [0.1, 0.15) is 29.8 Å². The molecule has 180 valence electrons. The molecule has 3 aromatic rings. The second-order valence-electron chi connectivity index (χ2n) is 8.20. The first-order valence-electron chi connectivity index (χ1n) is 11.3. The van der Waals surface area contributed by atoms with E-state index in [0.717, 1.165) is 22.4 Å². The SMILES string of the molecule is Cc1ccc(OCCOc2ccc(C=C3C(=N)N4N=C(c5cccnc5)SC4=NC3=O)cc2)c(C)c1. The van der Waals surface area contributed by atoms with E-state index in [2.05, 4.69) is 28.1 Å². The third kappa shape index (κ3) is 5.06. The molecule has 9 heteroatoms. The predicted molar refractivity (Wildman–Crippen MR) is 142 cm³/mol. The lowest BCUT2D eigenvalue weighted by molar-refractivity contribution is -0.114. The Balaban J connectivity index is 1.21. The summed E-state index contributed by atoms with van der Waals surface area (Å²) >= 11 is 1.24. The molecule has 3 heterocycles. The Kier molecular flexibility index (Phi) is 6.64. The van der Waals surface area contributed by atoms with Crippen LogP contribution >= 0.6 is 11.8 Å². The average Bonchev–Trinajstić information content (AvgIpc) is 3.31. The van der Waals surface area contributed by atoms with Gasteiger partial charge in [0, 0.05) is 18.0 Å². The molecule has 2 aromatic carbocycles. The summed E-state index contributed by atoms with van der Waals surface area (Å²) in [5.41, 5.74) is 4.03. The lowest BCUT2D eigenvalue weighted by atomic mass is 10.1. The van der Waals surface area contributed by atoms with Gasteiger partial charge in [-0.3, -0.25) is 15.2 Å². The first kappa shape index (κ1) is 23.5. The summed E-state index contributed by atoms with van der Waals surface area (Å²) in [6.45, 7) is 4.90. The van der Waals surface area contributed by atoms with Crippen molar-refractivity contribution in [1.82, 2.24) is 9.99 Å². The number of ether oxygens (including phenoxy) is 2. The van der Waals surface area contributed by atoms with Crippen molar-refractivity contribution in [2.75, 3.05) is 13.2 Å². The van der Waals surface area contributed by atoms with Gasteiger partial charge in [-0.15, -0.1) is 0 Å². The van der Waals surface area contributed by atoms with Gasteiger partial charge in [0.15, 0.2) is 5.84 Å². The van der Waals surface area contributed by atoms with Crippen molar-refractivity contribution in [3.8, 4) is 11.5 Å². The molecule has 2 aliphatic rings. The predicted octanol–water partition coefficient (Wildman–Crippen LogP) is 4.82. The zero-order valence-corrected chi connectivity index (χ0v) is 20.6. The zero-order valence-electron chi connectivity index (χ0n) is 19.8. The molecule has 0 aliphatic carbocycles. The number of carbonyl (C=O) groups excluding carboxylic acids is 1. The average molecular weight is 498 g/mol. The molecule has 2 aliphatic heterocycles. The molecule has 1 amide bonds. The summed E-state index contributed by atoms with van der Waals surface area (Å²) in [5.74, 6) is 1.06. The maximum absolute atomic E-state index is 12.7. The molecule has 5 rings (SSSR count). The number of nitrogens with one attached hydrogen (secondary N) is 1. The van der Waals surface area contributed by atoms with Crippen LogP contribution < -0.4 is 9.47 Å². The number of aliphatic imine (C=N–C) groups is 1. The van der Waals surface area contributed by atoms with Crippen LogP contribution in [0.3, 0.4) is 0 Å². The Morgan fingerprint density at radius 1 is 1.06 bits per heavy atom. The van der Waals surface area contributed by atoms with Gasteiger partial charge in [0.25, 0.3) is 5.91 Å². The van der Waals surface area contributed by atoms with Gasteiger partial charge in [-0.05, 0) is 73.1 Å². The molecule has 0 unspecified atom stereocenters. The molecule has 36 heavy (non-hydrogen) atoms. The van der Waals surface area contributed by atoms with Crippen molar-refractivity contribution in [2.45, 2.75) is 13.8 Å². The second kappa shape index (κ2) is 10.2. The summed E-state index contributed by atoms with van der Waals surface area (Å²) in [4.78, 5) is 20.9. The van der Waals surface area contributed by atoms with Gasteiger partial charge in [-0.25, -0.2) is 0 Å². The molecule has 1 aromatic heterocycles. The zero-order chi connectivity index (χ0) is 25.1. The smallest absolute Gasteiger partial charge is 0.283 e. The Bertz CT molecular complexity index is 1420. The number of hydrazone groups is 1. The fourth-order valence-electron chi connectivity index (χ4n) is 3.70. The Labute approximate surface area is 212 Å². The number of nitrogens with zero attached hydrogens (tertiary/aromatic N) is 4. The molecule has 0 saturated heterocycles. The van der Waals surface area contributed by atoms with Crippen molar-refractivity contribution < 1.29 is 14.3 Å². The number of amidine groups is 2. The van der Waals surface area contributed by atoms with Crippen LogP contribution in [0.1, 0.15) is 22.3 Å². The molecule has 8 nitrogen and oxygen atoms in total. The van der Waals surface area contributed by atoms with E-state index in [1.807, 2.05) is 55.5 Å². The monoisotopic (exact) mass is 497 g/mol. The maximum Gasteiger partial charge on any atom is 0.283 e. The number of fused-ring (bicyclic) bond motifs is 1. The van der Waals surface area contributed by atoms with Crippen LogP contribution in [-0.2, 0) is 4.79 Å². The minimum absolute atomic E-state index is 0.0136. The molecule has 1 N–H and O–H groups in total. The molecule has 0 bridgehead atoms. The summed E-state index contributed by atoms with van der Waals surface area (Å²) in [6, 6.07) is 17.1. The number of rotatable bonds is 7. The first-order valence-corrected chi connectivity index (χ1v) is 12.1. The highest BCUT2D eigenvalue weighted by Crippen LogP contribution is 2.30. The van der Waals surface area contributed by atoms with E-state index in [4.69, 9.17) is 14.9 Å². The molecular formula is C27H23N5O3S. The molecule has 0 saturated carbocycles. The quantitative estimate of drug-likeness (QED) is 0.371. The Morgan fingerprint density at radius 3 is 2.61 bits per heavy atom. The van der Waals surface area contributed by atoms with Crippen molar-refractivity contribution in [1.29, 1.82) is 5.41 Å². The Morgan fingerprint density at radius 2 is 1.86 bits per heavy atom. The molecule has 0 fully saturated rings. The largest absolute Gasteiger partial charge is 0.490 e. The number of hydrogen-bond donors (Lipinski definition) is 1. The fourth-order valence-corrected chi connectivity index (χ4v) is 4.58.